The molecule has 0 aromatic carbocycles. The molecule has 0 spiro atoms. The van der Waals surface area contributed by atoms with Crippen molar-refractivity contribution in [3.8, 4) is 0 Å². The molecule has 0 aliphatic heterocycles. The van der Waals surface area contributed by atoms with E-state index in [0.717, 1.165) is 6.42 Å². The molecule has 2 nitrogen and oxygen atoms in total. The predicted octanol–water partition coefficient (Wildman–Crippen LogP) is 5.71. The van der Waals surface area contributed by atoms with E-state index in [0.29, 0.717) is 12.0 Å². The highest BCUT2D eigenvalue weighted by atomic mass is 32.1. The molecule has 1 aromatic heterocycles. The number of aromatic nitrogens is 1. The third-order valence-corrected chi connectivity index (χ3v) is 5.41. The monoisotopic (exact) mass is 342 g/mol. The molecule has 1 heterocycles. The van der Waals surface area contributed by atoms with Crippen LogP contribution in [0.2, 0.25) is 0 Å². The summed E-state index contributed by atoms with van der Waals surface area (Å²) in [5, 5.41) is 2.07. The first-order valence-electron chi connectivity index (χ1n) is 9.04. The first-order valence-corrected chi connectivity index (χ1v) is 9.87. The molecule has 2 atom stereocenters. The summed E-state index contributed by atoms with van der Waals surface area (Å²) in [6, 6.07) is 0.621. The number of rotatable bonds is 7. The van der Waals surface area contributed by atoms with Crippen molar-refractivity contribution in [2.75, 3.05) is 13.6 Å². The molecule has 130 valence electrons. The van der Waals surface area contributed by atoms with Gasteiger partial charge in [0.25, 0.3) is 0 Å². The molecule has 24 heavy (non-hydrogen) atoms. The van der Waals surface area contributed by atoms with Gasteiger partial charge in [0, 0.05) is 23.2 Å². The van der Waals surface area contributed by atoms with E-state index < -0.39 is 0 Å². The largest absolute Gasteiger partial charge is 0.304 e. The Labute approximate surface area is 151 Å². The first-order chi connectivity index (χ1) is 11.7. The van der Waals surface area contributed by atoms with Crippen molar-refractivity contribution < 1.29 is 0 Å². The highest BCUT2D eigenvalue weighted by Crippen LogP contribution is 2.38. The van der Waals surface area contributed by atoms with Crippen LogP contribution in [-0.4, -0.2) is 28.9 Å². The first kappa shape index (κ1) is 18.9. The maximum atomic E-state index is 4.14. The van der Waals surface area contributed by atoms with Crippen LogP contribution >= 0.6 is 11.5 Å². The molecule has 0 N–H and O–H groups in total. The zero-order chi connectivity index (χ0) is 17.4. The zero-order valence-corrected chi connectivity index (χ0v) is 16.3. The number of hydrogen-bond acceptors (Lipinski definition) is 3. The Morgan fingerprint density at radius 1 is 1.50 bits per heavy atom. The molecule has 0 radical (unpaired) electrons. The van der Waals surface area contributed by atoms with Crippen molar-refractivity contribution in [1.82, 2.24) is 9.27 Å². The van der Waals surface area contributed by atoms with E-state index in [2.05, 4.69) is 72.5 Å². The third-order valence-electron chi connectivity index (χ3n) is 4.81. The van der Waals surface area contributed by atoms with Crippen molar-refractivity contribution >= 4 is 17.6 Å². The predicted molar refractivity (Wildman–Crippen MR) is 106 cm³/mol. The summed E-state index contributed by atoms with van der Waals surface area (Å²) >= 11 is 1.50. The molecule has 2 rings (SSSR count). The molecule has 0 amide bonds. The van der Waals surface area contributed by atoms with E-state index in [-0.39, 0.29) is 0 Å². The van der Waals surface area contributed by atoms with Gasteiger partial charge < -0.3 is 4.90 Å². The summed E-state index contributed by atoms with van der Waals surface area (Å²) in [5.41, 5.74) is 7.57. The number of nitrogens with zero attached hydrogens (tertiary/aromatic N) is 2. The van der Waals surface area contributed by atoms with E-state index in [4.69, 9.17) is 0 Å². The van der Waals surface area contributed by atoms with Crippen LogP contribution in [0.1, 0.15) is 52.0 Å². The lowest BCUT2D eigenvalue weighted by atomic mass is 9.93. The lowest BCUT2D eigenvalue weighted by Gasteiger charge is -2.26. The minimum Gasteiger partial charge on any atom is -0.304 e. The second kappa shape index (κ2) is 9.78. The Morgan fingerprint density at radius 2 is 2.33 bits per heavy atom. The molecule has 1 aromatic rings. The van der Waals surface area contributed by atoms with Crippen LogP contribution in [0.25, 0.3) is 6.08 Å². The van der Waals surface area contributed by atoms with Crippen molar-refractivity contribution in [1.29, 1.82) is 0 Å². The highest BCUT2D eigenvalue weighted by Gasteiger charge is 2.27. The normalized spacial score (nSPS) is 21.0. The van der Waals surface area contributed by atoms with Gasteiger partial charge in [-0.05, 0) is 87.8 Å². The summed E-state index contributed by atoms with van der Waals surface area (Å²) < 4.78 is 4.14. The van der Waals surface area contributed by atoms with E-state index in [1.54, 1.807) is 0 Å². The van der Waals surface area contributed by atoms with Gasteiger partial charge in [0.2, 0.25) is 0 Å². The zero-order valence-electron chi connectivity index (χ0n) is 15.5. The van der Waals surface area contributed by atoms with Gasteiger partial charge in [0.05, 0.1) is 0 Å². The molecule has 1 aliphatic carbocycles. The van der Waals surface area contributed by atoms with Gasteiger partial charge in [0.15, 0.2) is 0 Å². The van der Waals surface area contributed by atoms with Crippen LogP contribution in [-0.2, 0) is 0 Å². The van der Waals surface area contributed by atoms with E-state index in [9.17, 15) is 0 Å². The smallest absolute Gasteiger partial charge is 0.0479 e. The Bertz CT molecular complexity index is 618. The maximum Gasteiger partial charge on any atom is 0.0479 e. The van der Waals surface area contributed by atoms with Crippen LogP contribution in [0, 0.1) is 5.92 Å². The quantitative estimate of drug-likeness (QED) is 0.590. The van der Waals surface area contributed by atoms with Gasteiger partial charge in [-0.2, -0.15) is 0 Å². The van der Waals surface area contributed by atoms with Crippen molar-refractivity contribution in [2.45, 2.75) is 52.5 Å². The number of hydrogen-bond donors (Lipinski definition) is 0. The molecule has 0 saturated heterocycles. The fraction of sp³-hybridized carbons (Fsp3) is 0.524. The van der Waals surface area contributed by atoms with Crippen LogP contribution in [0.15, 0.2) is 46.7 Å². The average Bonchev–Trinajstić information content (AvgIpc) is 3.20. The summed E-state index contributed by atoms with van der Waals surface area (Å²) in [6.07, 6.45) is 15.4. The summed E-state index contributed by atoms with van der Waals surface area (Å²) in [7, 11) is 2.25. The standard InChI is InChI=1S/C21H30N2S/c1-5-8-21-19(10-7-9-18-15-22-24-16-18)11-12-20(21)14-17(3)23(4)13-6-2/h5,7,9-10,15-17,20H,6,11-14H2,1-4H3/b9-7+,19-10-/t8?,17-,20?/m1/s1. The second-order valence-corrected chi connectivity index (χ2v) is 7.31. The average molecular weight is 343 g/mol. The summed E-state index contributed by atoms with van der Waals surface area (Å²) in [4.78, 5) is 2.48. The molecular weight excluding hydrogens is 312 g/mol. The van der Waals surface area contributed by atoms with Gasteiger partial charge in [0.1, 0.15) is 0 Å². The van der Waals surface area contributed by atoms with Crippen molar-refractivity contribution in [3.63, 3.8) is 0 Å². The molecule has 1 aliphatic rings. The van der Waals surface area contributed by atoms with Gasteiger partial charge in [-0.15, -0.1) is 5.73 Å². The lowest BCUT2D eigenvalue weighted by Crippen LogP contribution is -2.31. The second-order valence-electron chi connectivity index (χ2n) is 6.66. The van der Waals surface area contributed by atoms with Crippen LogP contribution in [0.4, 0.5) is 0 Å². The Kier molecular flexibility index (Phi) is 7.71. The molecular formula is C21H30N2S. The molecule has 1 unspecified atom stereocenters. The summed E-state index contributed by atoms with van der Waals surface area (Å²) in [5.74, 6) is 0.637. The minimum atomic E-state index is 0.621. The van der Waals surface area contributed by atoms with Crippen molar-refractivity contribution in [2.24, 2.45) is 5.92 Å². The fourth-order valence-electron chi connectivity index (χ4n) is 3.38. The minimum absolute atomic E-state index is 0.621. The molecule has 1 saturated carbocycles. The Balaban J connectivity index is 2.06. The van der Waals surface area contributed by atoms with Gasteiger partial charge >= 0.3 is 0 Å². The van der Waals surface area contributed by atoms with Crippen LogP contribution in [0.3, 0.4) is 0 Å². The Hall–Kier alpha value is -1.41. The van der Waals surface area contributed by atoms with E-state index in [1.807, 2.05) is 6.20 Å². The topological polar surface area (TPSA) is 16.1 Å². The lowest BCUT2D eigenvalue weighted by molar-refractivity contribution is 0.229. The fourth-order valence-corrected chi connectivity index (χ4v) is 3.89. The third kappa shape index (κ3) is 5.31. The van der Waals surface area contributed by atoms with Gasteiger partial charge in [-0.25, -0.2) is 4.37 Å². The molecule has 1 fully saturated rings. The maximum absolute atomic E-state index is 4.14. The van der Waals surface area contributed by atoms with E-state index in [1.165, 1.54) is 54.0 Å². The van der Waals surface area contributed by atoms with Gasteiger partial charge in [-0.1, -0.05) is 25.2 Å². The van der Waals surface area contributed by atoms with Crippen LogP contribution in [0.5, 0.6) is 0 Å². The Morgan fingerprint density at radius 3 is 3.00 bits per heavy atom. The highest BCUT2D eigenvalue weighted by molar-refractivity contribution is 7.03. The van der Waals surface area contributed by atoms with Crippen LogP contribution < -0.4 is 0 Å². The molecule has 3 heteroatoms. The summed E-state index contributed by atoms with van der Waals surface area (Å²) in [6.45, 7) is 7.85. The van der Waals surface area contributed by atoms with E-state index >= 15 is 0 Å². The van der Waals surface area contributed by atoms with Crippen molar-refractivity contribution in [3.05, 3.63) is 52.2 Å². The SMILES string of the molecule is CC=C=C1/C(=C\C=C\c2cnsc2)CCC1C[C@@H](C)N(C)CCC. The number of allylic oxidation sites excluding steroid dienone is 4. The van der Waals surface area contributed by atoms with Gasteiger partial charge in [-0.3, -0.25) is 0 Å². The molecule has 0 bridgehead atoms.